The summed E-state index contributed by atoms with van der Waals surface area (Å²) in [7, 11) is 1.59. The molecule has 0 spiro atoms. The minimum Gasteiger partial charge on any atom is -0.497 e. The van der Waals surface area contributed by atoms with E-state index in [0.717, 1.165) is 12.0 Å². The Bertz CT molecular complexity index is 1190. The van der Waals surface area contributed by atoms with Crippen LogP contribution in [-0.2, 0) is 17.7 Å². The lowest BCUT2D eigenvalue weighted by Gasteiger charge is -2.24. The van der Waals surface area contributed by atoms with Gasteiger partial charge < -0.3 is 14.8 Å². The quantitative estimate of drug-likeness (QED) is 0.544. The summed E-state index contributed by atoms with van der Waals surface area (Å²) in [6.07, 6.45) is 0.775. The first-order chi connectivity index (χ1) is 15.5. The molecule has 32 heavy (non-hydrogen) atoms. The van der Waals surface area contributed by atoms with Gasteiger partial charge in [0.2, 0.25) is 0 Å². The first-order valence-electron chi connectivity index (χ1n) is 10.9. The van der Waals surface area contributed by atoms with Gasteiger partial charge in [-0.3, -0.25) is 9.36 Å². The standard InChI is InChI=1S/C25H28ClN3O3/c1-5-29-24(19-12-11-17(31-4)14-20(19)26)27-15(3)22(25(29)30)28-23-18-10-8-7-9-16(18)13-21(23)32-6-2/h7-12,14,21,23,28H,5-6,13H2,1-4H3/t21-,23?/m0/s1. The van der Waals surface area contributed by atoms with Crippen LogP contribution in [-0.4, -0.2) is 29.4 Å². The van der Waals surface area contributed by atoms with Crippen LogP contribution < -0.4 is 15.6 Å². The fourth-order valence-electron chi connectivity index (χ4n) is 4.38. The average molecular weight is 454 g/mol. The van der Waals surface area contributed by atoms with E-state index in [1.807, 2.05) is 45.0 Å². The lowest BCUT2D eigenvalue weighted by molar-refractivity contribution is 0.0574. The molecule has 2 atom stereocenters. The number of aryl methyl sites for hydroxylation is 1. The summed E-state index contributed by atoms with van der Waals surface area (Å²) in [6.45, 7) is 6.85. The average Bonchev–Trinajstić information content (AvgIpc) is 3.13. The molecule has 0 radical (unpaired) electrons. The zero-order valence-electron chi connectivity index (χ0n) is 18.8. The minimum absolute atomic E-state index is 0.0398. The Morgan fingerprint density at radius 1 is 1.22 bits per heavy atom. The molecule has 1 heterocycles. The molecule has 1 aliphatic carbocycles. The third kappa shape index (κ3) is 4.00. The Hall–Kier alpha value is -2.83. The molecule has 0 saturated heterocycles. The van der Waals surface area contributed by atoms with Gasteiger partial charge in [0.1, 0.15) is 17.3 Å². The number of nitrogens with one attached hydrogen (secondary N) is 1. The van der Waals surface area contributed by atoms with Gasteiger partial charge >= 0.3 is 0 Å². The van der Waals surface area contributed by atoms with Gasteiger partial charge in [-0.15, -0.1) is 0 Å². The number of benzene rings is 2. The van der Waals surface area contributed by atoms with E-state index in [1.54, 1.807) is 17.7 Å². The zero-order chi connectivity index (χ0) is 22.8. The molecule has 1 N–H and O–H groups in total. The molecular weight excluding hydrogens is 426 g/mol. The topological polar surface area (TPSA) is 65.4 Å². The van der Waals surface area contributed by atoms with Gasteiger partial charge in [-0.25, -0.2) is 4.98 Å². The predicted molar refractivity (Wildman–Crippen MR) is 128 cm³/mol. The maximum absolute atomic E-state index is 13.6. The third-order valence-electron chi connectivity index (χ3n) is 5.95. The molecule has 2 aromatic carbocycles. The van der Waals surface area contributed by atoms with Crippen LogP contribution in [0.5, 0.6) is 5.75 Å². The zero-order valence-corrected chi connectivity index (χ0v) is 19.6. The van der Waals surface area contributed by atoms with E-state index in [9.17, 15) is 4.79 Å². The van der Waals surface area contributed by atoms with Crippen molar-refractivity contribution in [2.24, 2.45) is 0 Å². The van der Waals surface area contributed by atoms with Crippen LogP contribution in [0.2, 0.25) is 5.02 Å². The van der Waals surface area contributed by atoms with E-state index in [2.05, 4.69) is 17.4 Å². The number of fused-ring (bicyclic) bond motifs is 1. The highest BCUT2D eigenvalue weighted by atomic mass is 35.5. The Morgan fingerprint density at radius 3 is 2.69 bits per heavy atom. The second-order valence-electron chi connectivity index (χ2n) is 7.81. The number of aromatic nitrogens is 2. The normalized spacial score (nSPS) is 17.3. The second kappa shape index (κ2) is 9.35. The highest BCUT2D eigenvalue weighted by molar-refractivity contribution is 6.33. The van der Waals surface area contributed by atoms with E-state index in [4.69, 9.17) is 26.1 Å². The van der Waals surface area contributed by atoms with Gasteiger partial charge in [-0.05, 0) is 50.1 Å². The molecule has 7 heteroatoms. The first-order valence-corrected chi connectivity index (χ1v) is 11.3. The van der Waals surface area contributed by atoms with Crippen molar-refractivity contribution >= 4 is 17.3 Å². The lowest BCUT2D eigenvalue weighted by Crippen LogP contribution is -2.31. The largest absolute Gasteiger partial charge is 0.497 e. The van der Waals surface area contributed by atoms with Crippen LogP contribution in [0, 0.1) is 6.92 Å². The van der Waals surface area contributed by atoms with Crippen molar-refractivity contribution in [3.05, 3.63) is 74.7 Å². The number of ether oxygens (including phenoxy) is 2. The SMILES string of the molecule is CCO[C@H]1Cc2ccccc2C1Nc1c(C)nc(-c2ccc(OC)cc2Cl)n(CC)c1=O. The van der Waals surface area contributed by atoms with Gasteiger partial charge in [0.15, 0.2) is 0 Å². The van der Waals surface area contributed by atoms with E-state index in [-0.39, 0.29) is 17.7 Å². The second-order valence-corrected chi connectivity index (χ2v) is 8.22. The molecule has 4 rings (SSSR count). The highest BCUT2D eigenvalue weighted by Gasteiger charge is 2.34. The van der Waals surface area contributed by atoms with Crippen LogP contribution in [0.25, 0.3) is 11.4 Å². The number of rotatable bonds is 7. The maximum Gasteiger partial charge on any atom is 0.277 e. The van der Waals surface area contributed by atoms with Gasteiger partial charge in [-0.2, -0.15) is 0 Å². The van der Waals surface area contributed by atoms with E-state index in [1.165, 1.54) is 5.56 Å². The Kier molecular flexibility index (Phi) is 6.53. The molecule has 6 nitrogen and oxygen atoms in total. The Balaban J connectivity index is 1.77. The van der Waals surface area contributed by atoms with Crippen molar-refractivity contribution in [3.63, 3.8) is 0 Å². The van der Waals surface area contributed by atoms with Gasteiger partial charge in [0.05, 0.1) is 30.0 Å². The van der Waals surface area contributed by atoms with Crippen LogP contribution in [0.4, 0.5) is 5.69 Å². The highest BCUT2D eigenvalue weighted by Crippen LogP contribution is 2.36. The summed E-state index contributed by atoms with van der Waals surface area (Å²) in [5.41, 5.74) is 4.09. The van der Waals surface area contributed by atoms with Crippen molar-refractivity contribution in [2.45, 2.75) is 45.9 Å². The van der Waals surface area contributed by atoms with E-state index in [0.29, 0.717) is 46.7 Å². The first kappa shape index (κ1) is 22.4. The fourth-order valence-corrected chi connectivity index (χ4v) is 4.64. The molecular formula is C25H28ClN3O3. The van der Waals surface area contributed by atoms with Crippen LogP contribution in [0.1, 0.15) is 36.7 Å². The number of halogens is 1. The molecule has 0 bridgehead atoms. The summed E-state index contributed by atoms with van der Waals surface area (Å²) < 4.78 is 12.9. The summed E-state index contributed by atoms with van der Waals surface area (Å²) in [5.74, 6) is 1.20. The minimum atomic E-state index is -0.124. The summed E-state index contributed by atoms with van der Waals surface area (Å²) in [6, 6.07) is 13.5. The van der Waals surface area contributed by atoms with Crippen molar-refractivity contribution in [3.8, 4) is 17.1 Å². The number of methoxy groups -OCH3 is 1. The van der Waals surface area contributed by atoms with Gasteiger partial charge in [0.25, 0.3) is 5.56 Å². The number of hydrogen-bond donors (Lipinski definition) is 1. The number of anilines is 1. The lowest BCUT2D eigenvalue weighted by atomic mass is 10.1. The molecule has 0 amide bonds. The molecule has 0 fully saturated rings. The van der Waals surface area contributed by atoms with Crippen LogP contribution in [0.15, 0.2) is 47.3 Å². The van der Waals surface area contributed by atoms with Crippen LogP contribution in [0.3, 0.4) is 0 Å². The summed E-state index contributed by atoms with van der Waals surface area (Å²) in [4.78, 5) is 18.4. The molecule has 0 saturated carbocycles. The molecule has 0 aliphatic heterocycles. The summed E-state index contributed by atoms with van der Waals surface area (Å²) in [5, 5.41) is 3.97. The predicted octanol–water partition coefficient (Wildman–Crippen LogP) is 5.02. The van der Waals surface area contributed by atoms with Crippen molar-refractivity contribution in [1.82, 2.24) is 9.55 Å². The molecule has 1 aliphatic rings. The van der Waals surface area contributed by atoms with Gasteiger partial charge in [0, 0.05) is 25.1 Å². The van der Waals surface area contributed by atoms with Crippen LogP contribution >= 0.6 is 11.6 Å². The smallest absolute Gasteiger partial charge is 0.277 e. The number of hydrogen-bond acceptors (Lipinski definition) is 5. The molecule has 1 aromatic heterocycles. The van der Waals surface area contributed by atoms with Gasteiger partial charge in [-0.1, -0.05) is 35.9 Å². The maximum atomic E-state index is 13.6. The monoisotopic (exact) mass is 453 g/mol. The van der Waals surface area contributed by atoms with E-state index >= 15 is 0 Å². The number of nitrogens with zero attached hydrogens (tertiary/aromatic N) is 2. The Labute approximate surface area is 193 Å². The van der Waals surface area contributed by atoms with Crippen molar-refractivity contribution in [1.29, 1.82) is 0 Å². The fraction of sp³-hybridized carbons (Fsp3) is 0.360. The van der Waals surface area contributed by atoms with E-state index < -0.39 is 0 Å². The molecule has 168 valence electrons. The van der Waals surface area contributed by atoms with Crippen molar-refractivity contribution < 1.29 is 9.47 Å². The molecule has 1 unspecified atom stereocenters. The van der Waals surface area contributed by atoms with Crippen molar-refractivity contribution in [2.75, 3.05) is 19.0 Å². The third-order valence-corrected chi connectivity index (χ3v) is 6.26. The Morgan fingerprint density at radius 2 is 2.00 bits per heavy atom. The molecule has 3 aromatic rings. The summed E-state index contributed by atoms with van der Waals surface area (Å²) >= 11 is 6.50.